The van der Waals surface area contributed by atoms with E-state index in [4.69, 9.17) is 11.6 Å². The molecule has 0 unspecified atom stereocenters. The Morgan fingerprint density at radius 2 is 1.90 bits per heavy atom. The first-order valence-electron chi connectivity index (χ1n) is 6.68. The van der Waals surface area contributed by atoms with Gasteiger partial charge in [-0.1, -0.05) is 41.9 Å². The highest BCUT2D eigenvalue weighted by molar-refractivity contribution is 6.34. The minimum absolute atomic E-state index is 0.583. The molecule has 2 heterocycles. The molecule has 0 saturated heterocycles. The van der Waals surface area contributed by atoms with E-state index in [1.165, 1.54) is 5.56 Å². The number of aryl methyl sites for hydroxylation is 3. The van der Waals surface area contributed by atoms with Gasteiger partial charge in [0.1, 0.15) is 5.15 Å². The van der Waals surface area contributed by atoms with Gasteiger partial charge in [0.05, 0.1) is 0 Å². The van der Waals surface area contributed by atoms with Crippen LogP contribution in [0.4, 0.5) is 0 Å². The quantitative estimate of drug-likeness (QED) is 0.666. The number of fused-ring (bicyclic) bond motifs is 1. The van der Waals surface area contributed by atoms with E-state index in [0.29, 0.717) is 5.15 Å². The Morgan fingerprint density at radius 1 is 1.05 bits per heavy atom. The first-order chi connectivity index (χ1) is 9.72. The van der Waals surface area contributed by atoms with Gasteiger partial charge in [0.25, 0.3) is 0 Å². The van der Waals surface area contributed by atoms with Crippen molar-refractivity contribution in [1.82, 2.24) is 9.97 Å². The van der Waals surface area contributed by atoms with E-state index in [0.717, 1.165) is 35.0 Å². The average molecular weight is 283 g/mol. The van der Waals surface area contributed by atoms with Crippen molar-refractivity contribution >= 4 is 22.4 Å². The van der Waals surface area contributed by atoms with Gasteiger partial charge < -0.3 is 0 Å². The molecule has 1 aromatic carbocycles. The highest BCUT2D eigenvalue weighted by Gasteiger charge is 2.04. The number of rotatable bonds is 3. The van der Waals surface area contributed by atoms with E-state index in [9.17, 15) is 0 Å². The Bertz CT molecular complexity index is 736. The lowest BCUT2D eigenvalue weighted by Crippen LogP contribution is -1.96. The Kier molecular flexibility index (Phi) is 3.66. The first-order valence-corrected chi connectivity index (χ1v) is 7.06. The number of benzene rings is 1. The molecule has 3 heteroatoms. The van der Waals surface area contributed by atoms with Crippen LogP contribution in [0, 0.1) is 6.92 Å². The fourth-order valence-corrected chi connectivity index (χ4v) is 2.54. The van der Waals surface area contributed by atoms with Crippen molar-refractivity contribution in [2.24, 2.45) is 0 Å². The summed E-state index contributed by atoms with van der Waals surface area (Å²) < 4.78 is 0. The van der Waals surface area contributed by atoms with E-state index in [1.807, 2.05) is 37.4 Å². The predicted molar refractivity (Wildman–Crippen MR) is 83.1 cm³/mol. The number of hydrogen-bond donors (Lipinski definition) is 0. The molecule has 0 aliphatic rings. The number of halogens is 1. The topological polar surface area (TPSA) is 25.8 Å². The Labute approximate surface area is 123 Å². The van der Waals surface area contributed by atoms with Crippen LogP contribution in [-0.2, 0) is 12.8 Å². The molecule has 0 fully saturated rings. The fraction of sp³-hybridized carbons (Fsp3) is 0.176. The average Bonchev–Trinajstić information content (AvgIpc) is 2.47. The second kappa shape index (κ2) is 5.59. The fourth-order valence-electron chi connectivity index (χ4n) is 2.26. The summed E-state index contributed by atoms with van der Waals surface area (Å²) in [6.07, 6.45) is 3.72. The zero-order valence-corrected chi connectivity index (χ0v) is 12.1. The number of nitrogens with zero attached hydrogens (tertiary/aromatic N) is 2. The molecule has 20 heavy (non-hydrogen) atoms. The monoisotopic (exact) mass is 282 g/mol. The van der Waals surface area contributed by atoms with E-state index in [2.05, 4.69) is 28.2 Å². The molecule has 100 valence electrons. The predicted octanol–water partition coefficient (Wildman–Crippen LogP) is 4.38. The normalized spacial score (nSPS) is 10.9. The maximum Gasteiger partial charge on any atom is 0.137 e. The summed E-state index contributed by atoms with van der Waals surface area (Å²) in [4.78, 5) is 8.79. The molecular weight excluding hydrogens is 268 g/mol. The van der Waals surface area contributed by atoms with Crippen LogP contribution in [0.2, 0.25) is 5.15 Å². The van der Waals surface area contributed by atoms with Crippen LogP contribution >= 0.6 is 11.6 Å². The van der Waals surface area contributed by atoms with Gasteiger partial charge >= 0.3 is 0 Å². The Hall–Kier alpha value is -1.93. The van der Waals surface area contributed by atoms with E-state index in [1.54, 1.807) is 0 Å². The summed E-state index contributed by atoms with van der Waals surface area (Å²) >= 11 is 6.24. The molecule has 0 spiro atoms. The van der Waals surface area contributed by atoms with Crippen molar-refractivity contribution in [3.05, 3.63) is 70.8 Å². The van der Waals surface area contributed by atoms with Gasteiger partial charge in [-0.2, -0.15) is 0 Å². The largest absolute Gasteiger partial charge is 0.261 e. The van der Waals surface area contributed by atoms with Gasteiger partial charge in [0.2, 0.25) is 0 Å². The summed E-state index contributed by atoms with van der Waals surface area (Å²) in [5.74, 6) is 0. The molecule has 0 atom stereocenters. The van der Waals surface area contributed by atoms with Crippen molar-refractivity contribution in [3.8, 4) is 0 Å². The minimum atomic E-state index is 0.583. The summed E-state index contributed by atoms with van der Waals surface area (Å²) in [5, 5.41) is 2.74. The zero-order chi connectivity index (χ0) is 13.9. The second-order valence-electron chi connectivity index (χ2n) is 4.93. The Balaban J connectivity index is 1.82. The van der Waals surface area contributed by atoms with Crippen LogP contribution < -0.4 is 0 Å². The molecule has 3 rings (SSSR count). The maximum absolute atomic E-state index is 6.24. The van der Waals surface area contributed by atoms with Crippen molar-refractivity contribution in [2.75, 3.05) is 0 Å². The molecule has 0 saturated carbocycles. The van der Waals surface area contributed by atoms with Crippen LogP contribution in [0.3, 0.4) is 0 Å². The van der Waals surface area contributed by atoms with Gasteiger partial charge in [-0.15, -0.1) is 0 Å². The van der Waals surface area contributed by atoms with E-state index >= 15 is 0 Å². The van der Waals surface area contributed by atoms with Gasteiger partial charge in [0.15, 0.2) is 0 Å². The van der Waals surface area contributed by atoms with Gasteiger partial charge in [-0.3, -0.25) is 4.98 Å². The third kappa shape index (κ3) is 2.81. The third-order valence-electron chi connectivity index (χ3n) is 3.39. The van der Waals surface area contributed by atoms with Crippen molar-refractivity contribution < 1.29 is 0 Å². The molecular formula is C17H15ClN2. The van der Waals surface area contributed by atoms with Crippen LogP contribution in [0.25, 0.3) is 10.8 Å². The highest BCUT2D eigenvalue weighted by Crippen LogP contribution is 2.22. The minimum Gasteiger partial charge on any atom is -0.261 e. The number of aromatic nitrogens is 2. The van der Waals surface area contributed by atoms with Crippen LogP contribution in [-0.4, -0.2) is 9.97 Å². The molecule has 0 N–H and O–H groups in total. The van der Waals surface area contributed by atoms with Crippen LogP contribution in [0.5, 0.6) is 0 Å². The molecule has 0 amide bonds. The second-order valence-corrected chi connectivity index (χ2v) is 5.29. The summed E-state index contributed by atoms with van der Waals surface area (Å²) in [6.45, 7) is 1.99. The third-order valence-corrected chi connectivity index (χ3v) is 3.68. The van der Waals surface area contributed by atoms with Gasteiger partial charge in [-0.25, -0.2) is 4.98 Å². The molecule has 2 nitrogen and oxygen atoms in total. The smallest absolute Gasteiger partial charge is 0.137 e. The summed E-state index contributed by atoms with van der Waals surface area (Å²) in [5.41, 5.74) is 3.29. The molecule has 2 aromatic heterocycles. The van der Waals surface area contributed by atoms with Crippen molar-refractivity contribution in [1.29, 1.82) is 0 Å². The number of hydrogen-bond acceptors (Lipinski definition) is 2. The van der Waals surface area contributed by atoms with E-state index < -0.39 is 0 Å². The zero-order valence-electron chi connectivity index (χ0n) is 11.3. The molecule has 0 radical (unpaired) electrons. The lowest BCUT2D eigenvalue weighted by Gasteiger charge is -2.05. The van der Waals surface area contributed by atoms with Gasteiger partial charge in [-0.05, 0) is 42.8 Å². The van der Waals surface area contributed by atoms with Gasteiger partial charge in [0, 0.05) is 23.0 Å². The molecule has 0 aliphatic heterocycles. The highest BCUT2D eigenvalue weighted by atomic mass is 35.5. The van der Waals surface area contributed by atoms with E-state index in [-0.39, 0.29) is 0 Å². The maximum atomic E-state index is 6.24. The lowest BCUT2D eigenvalue weighted by atomic mass is 10.1. The molecule has 0 bridgehead atoms. The number of pyridine rings is 2. The van der Waals surface area contributed by atoms with Crippen LogP contribution in [0.15, 0.2) is 48.7 Å². The molecule has 0 aliphatic carbocycles. The Morgan fingerprint density at radius 3 is 2.70 bits per heavy atom. The SMILES string of the molecule is Cc1ccc(CCc2cc3ccccc3c(Cl)n2)cn1. The van der Waals surface area contributed by atoms with Crippen molar-refractivity contribution in [3.63, 3.8) is 0 Å². The standard InChI is InChI=1S/C17H15ClN2/c1-12-6-7-13(11-19-12)8-9-15-10-14-4-2-3-5-16(14)17(18)20-15/h2-7,10-11H,8-9H2,1H3. The summed E-state index contributed by atoms with van der Waals surface area (Å²) in [6, 6.07) is 14.3. The molecule has 3 aromatic rings. The first kappa shape index (κ1) is 13.1. The summed E-state index contributed by atoms with van der Waals surface area (Å²) in [7, 11) is 0. The van der Waals surface area contributed by atoms with Crippen molar-refractivity contribution in [2.45, 2.75) is 19.8 Å². The van der Waals surface area contributed by atoms with Crippen LogP contribution in [0.1, 0.15) is 17.0 Å². The lowest BCUT2D eigenvalue weighted by molar-refractivity contribution is 0.908.